The van der Waals surface area contributed by atoms with Gasteiger partial charge in [0.15, 0.2) is 0 Å². The first-order valence-corrected chi connectivity index (χ1v) is 8.85. The van der Waals surface area contributed by atoms with E-state index in [-0.39, 0.29) is 17.8 Å². The SMILES string of the molecule is CN(C)C1CN(Cc2ccc(NC(=O)Oc3ccccc3)cc2C(F)(F)F)C1. The molecule has 0 atom stereocenters. The third-order valence-electron chi connectivity index (χ3n) is 4.68. The Morgan fingerprint density at radius 3 is 2.46 bits per heavy atom. The lowest BCUT2D eigenvalue weighted by molar-refractivity contribution is -0.138. The van der Waals surface area contributed by atoms with Gasteiger partial charge in [-0.2, -0.15) is 13.2 Å². The minimum Gasteiger partial charge on any atom is -0.410 e. The fourth-order valence-electron chi connectivity index (χ4n) is 3.03. The summed E-state index contributed by atoms with van der Waals surface area (Å²) in [6.07, 6.45) is -5.36. The quantitative estimate of drug-likeness (QED) is 0.832. The minimum absolute atomic E-state index is 0.0341. The zero-order valence-electron chi connectivity index (χ0n) is 15.7. The molecular formula is C20H22F3N3O2. The van der Waals surface area contributed by atoms with E-state index in [9.17, 15) is 18.0 Å². The van der Waals surface area contributed by atoms with E-state index in [0.717, 1.165) is 19.2 Å². The van der Waals surface area contributed by atoms with E-state index in [1.54, 1.807) is 30.3 Å². The lowest BCUT2D eigenvalue weighted by Gasteiger charge is -2.43. The number of benzene rings is 2. The van der Waals surface area contributed by atoms with Gasteiger partial charge in [0.05, 0.1) is 5.56 Å². The van der Waals surface area contributed by atoms with Crippen molar-refractivity contribution in [1.82, 2.24) is 9.80 Å². The average molecular weight is 393 g/mol. The first-order chi connectivity index (χ1) is 13.2. The van der Waals surface area contributed by atoms with Crippen LogP contribution in [-0.2, 0) is 12.7 Å². The highest BCUT2D eigenvalue weighted by Gasteiger charge is 2.36. The average Bonchev–Trinajstić information content (AvgIpc) is 2.58. The monoisotopic (exact) mass is 393 g/mol. The van der Waals surface area contributed by atoms with Gasteiger partial charge < -0.3 is 9.64 Å². The zero-order chi connectivity index (χ0) is 20.3. The molecule has 28 heavy (non-hydrogen) atoms. The van der Waals surface area contributed by atoms with Crippen LogP contribution < -0.4 is 10.1 Å². The van der Waals surface area contributed by atoms with Crippen molar-refractivity contribution in [3.63, 3.8) is 0 Å². The Morgan fingerprint density at radius 1 is 1.18 bits per heavy atom. The number of nitrogens with one attached hydrogen (secondary N) is 1. The van der Waals surface area contributed by atoms with E-state index in [2.05, 4.69) is 10.2 Å². The molecule has 1 aliphatic rings. The summed E-state index contributed by atoms with van der Waals surface area (Å²) in [4.78, 5) is 16.0. The van der Waals surface area contributed by atoms with Crippen LogP contribution >= 0.6 is 0 Å². The molecule has 1 saturated heterocycles. The van der Waals surface area contributed by atoms with Crippen molar-refractivity contribution >= 4 is 11.8 Å². The summed E-state index contributed by atoms with van der Waals surface area (Å²) in [6, 6.07) is 12.5. The summed E-state index contributed by atoms with van der Waals surface area (Å²) in [7, 11) is 3.91. The topological polar surface area (TPSA) is 44.8 Å². The summed E-state index contributed by atoms with van der Waals surface area (Å²) < 4.78 is 45.6. The maximum Gasteiger partial charge on any atom is 0.417 e. The molecule has 0 bridgehead atoms. The number of para-hydroxylation sites is 1. The molecule has 0 aromatic heterocycles. The molecule has 0 aliphatic carbocycles. The van der Waals surface area contributed by atoms with Gasteiger partial charge in [0.1, 0.15) is 5.75 Å². The minimum atomic E-state index is -4.51. The molecule has 0 radical (unpaired) electrons. The third-order valence-corrected chi connectivity index (χ3v) is 4.68. The number of likely N-dealkylation sites (N-methyl/N-ethyl adjacent to an activating group) is 1. The molecule has 150 valence electrons. The van der Waals surface area contributed by atoms with Crippen molar-refractivity contribution in [2.24, 2.45) is 0 Å². The summed E-state index contributed by atoms with van der Waals surface area (Å²) in [5.74, 6) is 0.306. The number of amides is 1. The van der Waals surface area contributed by atoms with Crippen LogP contribution in [0, 0.1) is 0 Å². The Morgan fingerprint density at radius 2 is 1.86 bits per heavy atom. The van der Waals surface area contributed by atoms with E-state index in [1.165, 1.54) is 12.1 Å². The maximum atomic E-state index is 13.5. The number of alkyl halides is 3. The number of carbonyl (C=O) groups is 1. The normalized spacial score (nSPS) is 15.4. The number of likely N-dealkylation sites (tertiary alicyclic amines) is 1. The maximum absolute atomic E-state index is 13.5. The predicted octanol–water partition coefficient (Wildman–Crippen LogP) is 4.06. The second kappa shape index (κ2) is 8.20. The van der Waals surface area contributed by atoms with Gasteiger partial charge >= 0.3 is 12.3 Å². The van der Waals surface area contributed by atoms with E-state index in [1.807, 2.05) is 19.0 Å². The van der Waals surface area contributed by atoms with Crippen LogP contribution in [0.3, 0.4) is 0 Å². The molecule has 1 amide bonds. The van der Waals surface area contributed by atoms with Crippen molar-refractivity contribution in [1.29, 1.82) is 0 Å². The smallest absolute Gasteiger partial charge is 0.410 e. The molecule has 2 aromatic rings. The van der Waals surface area contributed by atoms with Crippen LogP contribution in [0.15, 0.2) is 48.5 Å². The number of ether oxygens (including phenoxy) is 1. The van der Waals surface area contributed by atoms with Crippen LogP contribution in [-0.4, -0.2) is 49.1 Å². The molecular weight excluding hydrogens is 371 g/mol. The van der Waals surface area contributed by atoms with Gasteiger partial charge in [-0.05, 0) is 43.9 Å². The van der Waals surface area contributed by atoms with E-state index in [4.69, 9.17) is 4.74 Å². The Kier molecular flexibility index (Phi) is 5.90. The number of carbonyl (C=O) groups excluding carboxylic acids is 1. The molecule has 0 spiro atoms. The van der Waals surface area contributed by atoms with Crippen molar-refractivity contribution in [2.45, 2.75) is 18.8 Å². The molecule has 0 unspecified atom stereocenters. The number of anilines is 1. The summed E-state index contributed by atoms with van der Waals surface area (Å²) in [5, 5.41) is 2.35. The highest BCUT2D eigenvalue weighted by molar-refractivity contribution is 5.86. The largest absolute Gasteiger partial charge is 0.417 e. The van der Waals surface area contributed by atoms with Gasteiger partial charge in [-0.3, -0.25) is 10.2 Å². The summed E-state index contributed by atoms with van der Waals surface area (Å²) >= 11 is 0. The van der Waals surface area contributed by atoms with Gasteiger partial charge in [-0.1, -0.05) is 24.3 Å². The molecule has 1 heterocycles. The van der Waals surface area contributed by atoms with Crippen LogP contribution in [0.1, 0.15) is 11.1 Å². The summed E-state index contributed by atoms with van der Waals surface area (Å²) in [6.45, 7) is 1.68. The van der Waals surface area contributed by atoms with Gasteiger partial charge in [-0.25, -0.2) is 4.79 Å². The zero-order valence-corrected chi connectivity index (χ0v) is 15.7. The Balaban J connectivity index is 1.69. The van der Waals surface area contributed by atoms with Crippen LogP contribution in [0.25, 0.3) is 0 Å². The molecule has 3 rings (SSSR count). The van der Waals surface area contributed by atoms with Crippen LogP contribution in [0.4, 0.5) is 23.7 Å². The predicted molar refractivity (Wildman–Crippen MR) is 100 cm³/mol. The fourth-order valence-corrected chi connectivity index (χ4v) is 3.03. The van der Waals surface area contributed by atoms with Gasteiger partial charge in [0, 0.05) is 31.4 Å². The van der Waals surface area contributed by atoms with Crippen LogP contribution in [0.5, 0.6) is 5.75 Å². The standard InChI is InChI=1S/C20H22F3N3O2/c1-25(2)16-12-26(13-16)11-14-8-9-15(10-18(14)20(21,22)23)24-19(27)28-17-6-4-3-5-7-17/h3-10,16H,11-13H2,1-2H3,(H,24,27). The number of hydrogen-bond donors (Lipinski definition) is 1. The van der Waals surface area contributed by atoms with E-state index in [0.29, 0.717) is 11.8 Å². The van der Waals surface area contributed by atoms with E-state index >= 15 is 0 Å². The molecule has 8 heteroatoms. The number of hydrogen-bond acceptors (Lipinski definition) is 4. The third kappa shape index (κ3) is 5.02. The Bertz CT molecular complexity index is 819. The van der Waals surface area contributed by atoms with Crippen LogP contribution in [0.2, 0.25) is 0 Å². The highest BCUT2D eigenvalue weighted by atomic mass is 19.4. The van der Waals surface area contributed by atoms with E-state index < -0.39 is 17.8 Å². The Labute approximate surface area is 161 Å². The van der Waals surface area contributed by atoms with Gasteiger partial charge in [0.2, 0.25) is 0 Å². The fraction of sp³-hybridized carbons (Fsp3) is 0.350. The first kappa shape index (κ1) is 20.2. The molecule has 0 saturated carbocycles. The lowest BCUT2D eigenvalue weighted by atomic mass is 10.0. The number of rotatable bonds is 5. The van der Waals surface area contributed by atoms with Crippen molar-refractivity contribution < 1.29 is 22.7 Å². The molecule has 1 fully saturated rings. The van der Waals surface area contributed by atoms with Crippen molar-refractivity contribution in [2.75, 3.05) is 32.5 Å². The molecule has 2 aromatic carbocycles. The first-order valence-electron chi connectivity index (χ1n) is 8.85. The second-order valence-electron chi connectivity index (χ2n) is 7.01. The number of halogens is 3. The number of nitrogens with zero attached hydrogens (tertiary/aromatic N) is 2. The van der Waals surface area contributed by atoms with Crippen molar-refractivity contribution in [3.8, 4) is 5.75 Å². The highest BCUT2D eigenvalue weighted by Crippen LogP contribution is 2.35. The molecule has 5 nitrogen and oxygen atoms in total. The molecule has 1 N–H and O–H groups in total. The molecule has 1 aliphatic heterocycles. The lowest BCUT2D eigenvalue weighted by Crippen LogP contribution is -2.56. The Hall–Kier alpha value is -2.58. The van der Waals surface area contributed by atoms with Gasteiger partial charge in [0.25, 0.3) is 0 Å². The van der Waals surface area contributed by atoms with Crippen molar-refractivity contribution in [3.05, 3.63) is 59.7 Å². The van der Waals surface area contributed by atoms with Gasteiger partial charge in [-0.15, -0.1) is 0 Å². The summed E-state index contributed by atoms with van der Waals surface area (Å²) in [5.41, 5.74) is -0.531. The second-order valence-corrected chi connectivity index (χ2v) is 7.01.